The highest BCUT2D eigenvalue weighted by molar-refractivity contribution is 6.20. The minimum Gasteiger partial charge on any atom is -0.624 e. The van der Waals surface area contributed by atoms with Crippen molar-refractivity contribution in [3.8, 4) is 0 Å². The number of hydroxylamine groups is 1. The van der Waals surface area contributed by atoms with Crippen LogP contribution in [0.3, 0.4) is 0 Å². The Balaban J connectivity index is 1.83. The lowest BCUT2D eigenvalue weighted by Crippen LogP contribution is -2.14. The summed E-state index contributed by atoms with van der Waals surface area (Å²) in [4.78, 5) is 11.1. The standard InChI is InChI=1S/C11H13NO3/c1-12(14)6-11(13)15-7-10-5-8-2-3-9(10)4-8/h2-3,5-6,8-9H,4,7H2,1H3/b12-6-. The number of carbonyl (C=O) groups is 1. The molecule has 80 valence electrons. The first-order valence-electron chi connectivity index (χ1n) is 4.95. The van der Waals surface area contributed by atoms with E-state index in [0.717, 1.165) is 18.2 Å². The lowest BCUT2D eigenvalue weighted by Gasteiger charge is -2.08. The maximum atomic E-state index is 11.1. The van der Waals surface area contributed by atoms with Gasteiger partial charge in [0, 0.05) is 5.92 Å². The Hall–Kier alpha value is -1.58. The van der Waals surface area contributed by atoms with Crippen molar-refractivity contribution in [1.29, 1.82) is 0 Å². The molecule has 4 heteroatoms. The zero-order valence-electron chi connectivity index (χ0n) is 8.55. The van der Waals surface area contributed by atoms with Gasteiger partial charge in [-0.1, -0.05) is 18.2 Å². The molecule has 2 unspecified atom stereocenters. The van der Waals surface area contributed by atoms with Crippen LogP contribution in [-0.2, 0) is 9.53 Å². The third kappa shape index (κ3) is 2.26. The summed E-state index contributed by atoms with van der Waals surface area (Å²) < 4.78 is 5.39. The van der Waals surface area contributed by atoms with Gasteiger partial charge < -0.3 is 9.94 Å². The topological polar surface area (TPSA) is 52.4 Å². The van der Waals surface area contributed by atoms with Gasteiger partial charge in [0.25, 0.3) is 6.21 Å². The number of carbonyl (C=O) groups excluding carboxylic acids is 1. The third-order valence-corrected chi connectivity index (χ3v) is 2.69. The molecule has 15 heavy (non-hydrogen) atoms. The van der Waals surface area contributed by atoms with E-state index in [0.29, 0.717) is 23.2 Å². The average molecular weight is 207 g/mol. The van der Waals surface area contributed by atoms with Gasteiger partial charge >= 0.3 is 5.97 Å². The van der Waals surface area contributed by atoms with Crippen molar-refractivity contribution in [3.63, 3.8) is 0 Å². The second kappa shape index (κ2) is 3.88. The summed E-state index contributed by atoms with van der Waals surface area (Å²) in [6.07, 6.45) is 8.46. The van der Waals surface area contributed by atoms with Crippen LogP contribution in [0.5, 0.6) is 0 Å². The molecule has 4 nitrogen and oxygen atoms in total. The average Bonchev–Trinajstić information content (AvgIpc) is 2.74. The van der Waals surface area contributed by atoms with Gasteiger partial charge in [-0.3, -0.25) is 0 Å². The first kappa shape index (κ1) is 9.96. The number of allylic oxidation sites excluding steroid dienone is 3. The Morgan fingerprint density at radius 3 is 3.07 bits per heavy atom. The van der Waals surface area contributed by atoms with Gasteiger partial charge in [0.15, 0.2) is 0 Å². The molecule has 2 atom stereocenters. The molecule has 0 N–H and O–H groups in total. The van der Waals surface area contributed by atoms with Crippen molar-refractivity contribution in [1.82, 2.24) is 0 Å². The third-order valence-electron chi connectivity index (χ3n) is 2.69. The predicted octanol–water partition coefficient (Wildman–Crippen LogP) is 0.873. The van der Waals surface area contributed by atoms with E-state index < -0.39 is 5.97 Å². The molecule has 0 saturated carbocycles. The van der Waals surface area contributed by atoms with E-state index in [4.69, 9.17) is 4.74 Å². The van der Waals surface area contributed by atoms with Gasteiger partial charge in [0.2, 0.25) is 0 Å². The van der Waals surface area contributed by atoms with Crippen LogP contribution in [0.1, 0.15) is 6.42 Å². The minimum atomic E-state index is -0.583. The van der Waals surface area contributed by atoms with E-state index in [1.54, 1.807) is 0 Å². The summed E-state index contributed by atoms with van der Waals surface area (Å²) in [6, 6.07) is 0. The molecule has 2 bridgehead atoms. The lowest BCUT2D eigenvalue weighted by molar-refractivity contribution is -0.417. The SMILES string of the molecule is C/[N+]([O-])=C/C(=O)OCC1=CC2C=CC1C2. The number of fused-ring (bicyclic) bond motifs is 2. The Morgan fingerprint density at radius 2 is 2.53 bits per heavy atom. The van der Waals surface area contributed by atoms with Crippen molar-refractivity contribution in [2.75, 3.05) is 13.7 Å². The zero-order valence-corrected chi connectivity index (χ0v) is 8.55. The number of ether oxygens (including phenoxy) is 1. The summed E-state index contributed by atoms with van der Waals surface area (Å²) in [5.74, 6) is 0.378. The summed E-state index contributed by atoms with van der Waals surface area (Å²) in [5, 5.41) is 10.5. The molecular formula is C11H13NO3. The van der Waals surface area contributed by atoms with Gasteiger partial charge in [0.05, 0.1) is 0 Å². The molecule has 0 heterocycles. The summed E-state index contributed by atoms with van der Waals surface area (Å²) in [7, 11) is 1.25. The molecule has 0 aliphatic heterocycles. The highest BCUT2D eigenvalue weighted by Crippen LogP contribution is 2.38. The summed E-state index contributed by atoms with van der Waals surface area (Å²) in [5.41, 5.74) is 1.15. The van der Waals surface area contributed by atoms with Crippen molar-refractivity contribution in [2.45, 2.75) is 6.42 Å². The Morgan fingerprint density at radius 1 is 1.73 bits per heavy atom. The maximum Gasteiger partial charge on any atom is 0.396 e. The van der Waals surface area contributed by atoms with Gasteiger partial charge in [-0.2, -0.15) is 0 Å². The second-order valence-electron chi connectivity index (χ2n) is 3.92. The van der Waals surface area contributed by atoms with Crippen LogP contribution >= 0.6 is 0 Å². The van der Waals surface area contributed by atoms with E-state index in [1.807, 2.05) is 0 Å². The lowest BCUT2D eigenvalue weighted by atomic mass is 10.0. The Labute approximate surface area is 88.1 Å². The van der Waals surface area contributed by atoms with Crippen molar-refractivity contribution in [3.05, 3.63) is 29.0 Å². The van der Waals surface area contributed by atoms with E-state index in [1.165, 1.54) is 7.05 Å². The molecule has 2 aliphatic rings. The van der Waals surface area contributed by atoms with Gasteiger partial charge in [-0.05, 0) is 17.9 Å². The molecule has 0 saturated heterocycles. The van der Waals surface area contributed by atoms with Gasteiger partial charge in [0.1, 0.15) is 13.7 Å². The maximum absolute atomic E-state index is 11.1. The fourth-order valence-electron chi connectivity index (χ4n) is 2.02. The molecule has 0 fully saturated rings. The quantitative estimate of drug-likeness (QED) is 0.172. The molecule has 0 aromatic rings. The summed E-state index contributed by atoms with van der Waals surface area (Å²) >= 11 is 0. The number of hydrogen-bond donors (Lipinski definition) is 0. The van der Waals surface area contributed by atoms with Gasteiger partial charge in [-0.25, -0.2) is 9.53 Å². The number of hydrogen-bond acceptors (Lipinski definition) is 3. The Kier molecular flexibility index (Phi) is 2.58. The summed E-state index contributed by atoms with van der Waals surface area (Å²) in [6.45, 7) is 0.300. The van der Waals surface area contributed by atoms with E-state index in [-0.39, 0.29) is 0 Å². The second-order valence-corrected chi connectivity index (χ2v) is 3.92. The van der Waals surface area contributed by atoms with Crippen LogP contribution in [0.4, 0.5) is 0 Å². The minimum absolute atomic E-state index is 0.300. The smallest absolute Gasteiger partial charge is 0.396 e. The monoisotopic (exact) mass is 207 g/mol. The van der Waals surface area contributed by atoms with Crippen LogP contribution < -0.4 is 0 Å². The first-order valence-corrected chi connectivity index (χ1v) is 4.95. The number of nitrogens with zero attached hydrogens (tertiary/aromatic N) is 1. The van der Waals surface area contributed by atoms with Gasteiger partial charge in [-0.15, -0.1) is 0 Å². The molecule has 0 aromatic carbocycles. The molecule has 0 radical (unpaired) electrons. The first-order chi connectivity index (χ1) is 7.15. The van der Waals surface area contributed by atoms with E-state index in [9.17, 15) is 10.0 Å². The zero-order chi connectivity index (χ0) is 10.8. The van der Waals surface area contributed by atoms with Crippen LogP contribution in [0.2, 0.25) is 0 Å². The molecule has 0 aromatic heterocycles. The molecule has 0 amide bonds. The van der Waals surface area contributed by atoms with Crippen LogP contribution in [0.15, 0.2) is 23.8 Å². The van der Waals surface area contributed by atoms with E-state index >= 15 is 0 Å². The normalized spacial score (nSPS) is 28.1. The molecule has 0 spiro atoms. The largest absolute Gasteiger partial charge is 0.624 e. The fraction of sp³-hybridized carbons (Fsp3) is 0.455. The molecular weight excluding hydrogens is 194 g/mol. The number of rotatable bonds is 3. The van der Waals surface area contributed by atoms with Crippen molar-refractivity contribution >= 4 is 12.2 Å². The highest BCUT2D eigenvalue weighted by Gasteiger charge is 2.28. The predicted molar refractivity (Wildman–Crippen MR) is 55.4 cm³/mol. The van der Waals surface area contributed by atoms with E-state index in [2.05, 4.69) is 18.2 Å². The highest BCUT2D eigenvalue weighted by atomic mass is 16.5. The van der Waals surface area contributed by atoms with Crippen LogP contribution in [-0.4, -0.2) is 30.6 Å². The van der Waals surface area contributed by atoms with Crippen LogP contribution in [0.25, 0.3) is 0 Å². The molecule has 2 rings (SSSR count). The van der Waals surface area contributed by atoms with Crippen molar-refractivity contribution < 1.29 is 14.3 Å². The number of esters is 1. The van der Waals surface area contributed by atoms with Crippen LogP contribution in [0, 0.1) is 17.0 Å². The Bertz CT molecular complexity index is 364. The molecule has 2 aliphatic carbocycles. The van der Waals surface area contributed by atoms with Crippen molar-refractivity contribution in [2.24, 2.45) is 11.8 Å². The fourth-order valence-corrected chi connectivity index (χ4v) is 2.02.